The molecule has 3 nitrogen and oxygen atoms in total. The molecule has 0 radical (unpaired) electrons. The number of rotatable bonds is 2. The Kier molecular flexibility index (Phi) is 3.38. The molecule has 0 atom stereocenters. The third-order valence-corrected chi connectivity index (χ3v) is 3.73. The fourth-order valence-corrected chi connectivity index (χ4v) is 2.66. The normalized spacial score (nSPS) is 14.3. The lowest BCUT2D eigenvalue weighted by Crippen LogP contribution is -2.25. The summed E-state index contributed by atoms with van der Waals surface area (Å²) in [5.41, 5.74) is 4.77. The predicted octanol–water partition coefficient (Wildman–Crippen LogP) is 3.61. The van der Waals surface area contributed by atoms with Gasteiger partial charge in [0.1, 0.15) is 0 Å². The van der Waals surface area contributed by atoms with E-state index in [9.17, 15) is 0 Å². The van der Waals surface area contributed by atoms with Crippen LogP contribution < -0.4 is 4.90 Å². The van der Waals surface area contributed by atoms with E-state index in [1.165, 1.54) is 16.8 Å². The number of halogens is 1. The second-order valence-electron chi connectivity index (χ2n) is 4.89. The third kappa shape index (κ3) is 2.43. The van der Waals surface area contributed by atoms with Crippen molar-refractivity contribution in [2.24, 2.45) is 0 Å². The topological polar surface area (TPSA) is 29.0 Å². The lowest BCUT2D eigenvalue weighted by atomic mass is 10.00. The maximum Gasteiger partial charge on any atom is 0.151 e. The van der Waals surface area contributed by atoms with Crippen LogP contribution in [0.25, 0.3) is 0 Å². The minimum absolute atomic E-state index is 0.406. The van der Waals surface area contributed by atoms with Crippen LogP contribution in [0.3, 0.4) is 0 Å². The molecule has 98 valence electrons. The number of anilines is 2. The molecule has 2 heterocycles. The Morgan fingerprint density at radius 1 is 1.26 bits per heavy atom. The van der Waals surface area contributed by atoms with Crippen molar-refractivity contribution in [3.63, 3.8) is 0 Å². The monoisotopic (exact) mass is 273 g/mol. The SMILES string of the molecule is Cc1ccc2c(c1)CCCN2c1cnc(CCl)cn1. The van der Waals surface area contributed by atoms with Gasteiger partial charge in [-0.15, -0.1) is 11.6 Å². The molecule has 0 fully saturated rings. The third-order valence-electron chi connectivity index (χ3n) is 3.46. The molecule has 4 heteroatoms. The van der Waals surface area contributed by atoms with Crippen LogP contribution in [0.2, 0.25) is 0 Å². The van der Waals surface area contributed by atoms with Crippen molar-refractivity contribution in [2.45, 2.75) is 25.6 Å². The highest BCUT2D eigenvalue weighted by molar-refractivity contribution is 6.16. The van der Waals surface area contributed by atoms with Crippen LogP contribution in [0.5, 0.6) is 0 Å². The Morgan fingerprint density at radius 3 is 2.89 bits per heavy atom. The first-order valence-electron chi connectivity index (χ1n) is 6.52. The summed E-state index contributed by atoms with van der Waals surface area (Å²) in [4.78, 5) is 11.0. The fraction of sp³-hybridized carbons (Fsp3) is 0.333. The molecule has 1 aliphatic rings. The van der Waals surface area contributed by atoms with Crippen LogP contribution in [0.1, 0.15) is 23.2 Å². The lowest BCUT2D eigenvalue weighted by molar-refractivity contribution is 0.756. The Morgan fingerprint density at radius 2 is 2.16 bits per heavy atom. The maximum absolute atomic E-state index is 5.75. The van der Waals surface area contributed by atoms with Gasteiger partial charge in [-0.2, -0.15) is 0 Å². The first-order valence-corrected chi connectivity index (χ1v) is 7.05. The highest BCUT2D eigenvalue weighted by Gasteiger charge is 2.19. The van der Waals surface area contributed by atoms with Crippen LogP contribution in [-0.2, 0) is 12.3 Å². The highest BCUT2D eigenvalue weighted by Crippen LogP contribution is 2.32. The second-order valence-corrected chi connectivity index (χ2v) is 5.15. The van der Waals surface area contributed by atoms with Gasteiger partial charge in [0.05, 0.1) is 24.0 Å². The summed E-state index contributed by atoms with van der Waals surface area (Å²) in [5, 5.41) is 0. The van der Waals surface area contributed by atoms with Crippen molar-refractivity contribution >= 4 is 23.1 Å². The van der Waals surface area contributed by atoms with Crippen LogP contribution in [0.4, 0.5) is 11.5 Å². The zero-order chi connectivity index (χ0) is 13.2. The summed E-state index contributed by atoms with van der Waals surface area (Å²) in [6.07, 6.45) is 5.85. The molecular formula is C15H16ClN3. The Balaban J connectivity index is 1.98. The first kappa shape index (κ1) is 12.4. The number of hydrogen-bond acceptors (Lipinski definition) is 3. The summed E-state index contributed by atoms with van der Waals surface area (Å²) in [6.45, 7) is 3.12. The van der Waals surface area contributed by atoms with E-state index in [2.05, 4.69) is 40.0 Å². The molecule has 0 saturated carbocycles. The van der Waals surface area contributed by atoms with Gasteiger partial charge in [-0.1, -0.05) is 17.7 Å². The van der Waals surface area contributed by atoms with E-state index >= 15 is 0 Å². The van der Waals surface area contributed by atoms with Gasteiger partial charge in [-0.25, -0.2) is 4.98 Å². The van der Waals surface area contributed by atoms with Crippen LogP contribution in [0, 0.1) is 6.92 Å². The van der Waals surface area contributed by atoms with E-state index < -0.39 is 0 Å². The smallest absolute Gasteiger partial charge is 0.151 e. The van der Waals surface area contributed by atoms with Crippen molar-refractivity contribution in [2.75, 3.05) is 11.4 Å². The molecule has 1 aromatic heterocycles. The van der Waals surface area contributed by atoms with Gasteiger partial charge < -0.3 is 4.90 Å². The van der Waals surface area contributed by atoms with Crippen LogP contribution in [-0.4, -0.2) is 16.5 Å². The van der Waals surface area contributed by atoms with Crippen molar-refractivity contribution < 1.29 is 0 Å². The molecule has 1 aliphatic heterocycles. The summed E-state index contributed by atoms with van der Waals surface area (Å²) in [7, 11) is 0. The summed E-state index contributed by atoms with van der Waals surface area (Å²) >= 11 is 5.75. The van der Waals surface area contributed by atoms with E-state index in [1.807, 2.05) is 6.20 Å². The molecule has 0 bridgehead atoms. The van der Waals surface area contributed by atoms with Gasteiger partial charge in [-0.3, -0.25) is 4.98 Å². The van der Waals surface area contributed by atoms with Crippen molar-refractivity contribution in [1.82, 2.24) is 9.97 Å². The van der Waals surface area contributed by atoms with Crippen molar-refractivity contribution in [3.8, 4) is 0 Å². The van der Waals surface area contributed by atoms with Gasteiger partial charge in [-0.05, 0) is 31.4 Å². The second kappa shape index (κ2) is 5.17. The number of benzene rings is 1. The van der Waals surface area contributed by atoms with Gasteiger partial charge in [0.2, 0.25) is 0 Å². The maximum atomic E-state index is 5.75. The van der Waals surface area contributed by atoms with Gasteiger partial charge in [0, 0.05) is 12.2 Å². The zero-order valence-corrected chi connectivity index (χ0v) is 11.7. The molecule has 0 saturated heterocycles. The lowest BCUT2D eigenvalue weighted by Gasteiger charge is -2.30. The van der Waals surface area contributed by atoms with E-state index in [0.717, 1.165) is 30.9 Å². The Labute approximate surface area is 118 Å². The fourth-order valence-electron chi connectivity index (χ4n) is 2.52. The zero-order valence-electron chi connectivity index (χ0n) is 10.9. The summed E-state index contributed by atoms with van der Waals surface area (Å²) in [5.74, 6) is 1.31. The van der Waals surface area contributed by atoms with Crippen molar-refractivity contribution in [3.05, 3.63) is 47.4 Å². The number of hydrogen-bond donors (Lipinski definition) is 0. The molecule has 3 rings (SSSR count). The number of aryl methyl sites for hydroxylation is 2. The number of fused-ring (bicyclic) bond motifs is 1. The van der Waals surface area contributed by atoms with E-state index in [0.29, 0.717) is 5.88 Å². The molecule has 0 amide bonds. The van der Waals surface area contributed by atoms with Crippen LogP contribution in [0.15, 0.2) is 30.6 Å². The minimum Gasteiger partial charge on any atom is -0.325 e. The average Bonchev–Trinajstić information content (AvgIpc) is 2.46. The number of nitrogens with zero attached hydrogens (tertiary/aromatic N) is 3. The molecule has 19 heavy (non-hydrogen) atoms. The quantitative estimate of drug-likeness (QED) is 0.783. The Bertz CT molecular complexity index is 580. The van der Waals surface area contributed by atoms with Gasteiger partial charge in [0.25, 0.3) is 0 Å². The predicted molar refractivity (Wildman–Crippen MR) is 78.1 cm³/mol. The standard InChI is InChI=1S/C15H16ClN3/c1-11-4-5-14-12(7-11)3-2-6-19(14)15-10-17-13(8-16)9-18-15/h4-5,7,9-10H,2-3,6,8H2,1H3. The molecule has 1 aromatic carbocycles. The van der Waals surface area contributed by atoms with E-state index in [-0.39, 0.29) is 0 Å². The molecule has 0 N–H and O–H groups in total. The van der Waals surface area contributed by atoms with E-state index in [4.69, 9.17) is 11.6 Å². The summed E-state index contributed by atoms with van der Waals surface area (Å²) in [6, 6.07) is 6.60. The van der Waals surface area contributed by atoms with Gasteiger partial charge in [0.15, 0.2) is 5.82 Å². The average molecular weight is 274 g/mol. The molecule has 0 unspecified atom stereocenters. The van der Waals surface area contributed by atoms with Crippen molar-refractivity contribution in [1.29, 1.82) is 0 Å². The summed E-state index contributed by atoms with van der Waals surface area (Å²) < 4.78 is 0. The van der Waals surface area contributed by atoms with Crippen LogP contribution >= 0.6 is 11.6 Å². The number of aromatic nitrogens is 2. The largest absolute Gasteiger partial charge is 0.325 e. The highest BCUT2D eigenvalue weighted by atomic mass is 35.5. The minimum atomic E-state index is 0.406. The number of alkyl halides is 1. The Hall–Kier alpha value is -1.61. The van der Waals surface area contributed by atoms with E-state index in [1.54, 1.807) is 6.20 Å². The first-order chi connectivity index (χ1) is 9.28. The molecule has 0 spiro atoms. The molecule has 2 aromatic rings. The molecular weight excluding hydrogens is 258 g/mol. The van der Waals surface area contributed by atoms with Gasteiger partial charge >= 0.3 is 0 Å². The molecule has 0 aliphatic carbocycles.